The summed E-state index contributed by atoms with van der Waals surface area (Å²) in [6.07, 6.45) is -3.75. The SMILES string of the molecule is CC(C)C[C@H]1C(=O)N[C@H](C(=O)NCC(F)(F)F)Cc2ccc(cc2)OCCC[C@@H]1C(=O)NO. The number of hydroxylamine groups is 1. The van der Waals surface area contributed by atoms with Crippen LogP contribution in [-0.4, -0.2) is 48.3 Å². The van der Waals surface area contributed by atoms with Crippen LogP contribution < -0.4 is 20.9 Å². The number of ether oxygens (including phenoxy) is 1. The molecule has 0 radical (unpaired) electrons. The fourth-order valence-electron chi connectivity index (χ4n) is 3.81. The quantitative estimate of drug-likeness (QED) is 0.387. The molecule has 0 saturated carbocycles. The summed E-state index contributed by atoms with van der Waals surface area (Å²) in [5, 5.41) is 13.6. The third kappa shape index (κ3) is 8.56. The molecule has 33 heavy (non-hydrogen) atoms. The van der Waals surface area contributed by atoms with Crippen LogP contribution in [0.4, 0.5) is 13.2 Å². The summed E-state index contributed by atoms with van der Waals surface area (Å²) in [4.78, 5) is 38.2. The van der Waals surface area contributed by atoms with Crippen molar-refractivity contribution >= 4 is 17.7 Å². The second-order valence-corrected chi connectivity index (χ2v) is 8.55. The lowest BCUT2D eigenvalue weighted by molar-refractivity contribution is -0.143. The zero-order valence-corrected chi connectivity index (χ0v) is 18.6. The smallest absolute Gasteiger partial charge is 0.405 e. The molecular formula is C22H30F3N3O5. The molecule has 2 heterocycles. The van der Waals surface area contributed by atoms with Crippen LogP contribution in [0.15, 0.2) is 24.3 Å². The monoisotopic (exact) mass is 473 g/mol. The summed E-state index contributed by atoms with van der Waals surface area (Å²) in [6, 6.07) is 5.37. The molecule has 0 spiro atoms. The van der Waals surface area contributed by atoms with E-state index in [1.54, 1.807) is 29.7 Å². The molecular weight excluding hydrogens is 443 g/mol. The average Bonchev–Trinajstić information content (AvgIpc) is 2.75. The van der Waals surface area contributed by atoms with Gasteiger partial charge in [0.05, 0.1) is 12.5 Å². The van der Waals surface area contributed by atoms with Crippen LogP contribution in [0, 0.1) is 17.8 Å². The topological polar surface area (TPSA) is 117 Å². The average molecular weight is 473 g/mol. The first-order chi connectivity index (χ1) is 15.5. The van der Waals surface area contributed by atoms with Crippen molar-refractivity contribution < 1.29 is 37.5 Å². The summed E-state index contributed by atoms with van der Waals surface area (Å²) in [5.41, 5.74) is 2.20. The standard InChI is InChI=1S/C22H30F3N3O5/c1-13(2)10-17-16(20(30)28-32)4-3-9-33-15-7-5-14(6-8-15)11-18(27-19(17)29)21(31)26-12-22(23,24)25/h5-8,13,16-18,32H,3-4,9-12H2,1-2H3,(H,26,31)(H,27,29)(H,28,30)/t16-,17+,18-/m0/s1. The van der Waals surface area contributed by atoms with Crippen molar-refractivity contribution in [2.24, 2.45) is 17.8 Å². The van der Waals surface area contributed by atoms with Gasteiger partial charge in [-0.2, -0.15) is 13.2 Å². The Kier molecular flexibility index (Phi) is 9.51. The summed E-state index contributed by atoms with van der Waals surface area (Å²) >= 11 is 0. The zero-order chi connectivity index (χ0) is 24.6. The number of carbonyl (C=O) groups is 3. The van der Waals surface area contributed by atoms with Crippen LogP contribution in [0.1, 0.15) is 38.7 Å². The van der Waals surface area contributed by atoms with Crippen LogP contribution in [0.25, 0.3) is 0 Å². The second-order valence-electron chi connectivity index (χ2n) is 8.55. The molecule has 11 heteroatoms. The Morgan fingerprint density at radius 1 is 1.21 bits per heavy atom. The van der Waals surface area contributed by atoms with Gasteiger partial charge in [-0.3, -0.25) is 19.6 Å². The van der Waals surface area contributed by atoms with Crippen LogP contribution >= 0.6 is 0 Å². The van der Waals surface area contributed by atoms with Gasteiger partial charge < -0.3 is 15.4 Å². The van der Waals surface area contributed by atoms with Crippen molar-refractivity contribution in [1.82, 2.24) is 16.1 Å². The highest BCUT2D eigenvalue weighted by molar-refractivity contribution is 5.91. The number of alkyl halides is 3. The minimum atomic E-state index is -4.61. The summed E-state index contributed by atoms with van der Waals surface area (Å²) in [5.74, 6) is -3.64. The summed E-state index contributed by atoms with van der Waals surface area (Å²) < 4.78 is 43.5. The highest BCUT2D eigenvalue weighted by Crippen LogP contribution is 2.27. The third-order valence-electron chi connectivity index (χ3n) is 5.38. The van der Waals surface area contributed by atoms with E-state index in [0.29, 0.717) is 17.7 Å². The maximum Gasteiger partial charge on any atom is 0.405 e. The molecule has 0 fully saturated rings. The van der Waals surface area contributed by atoms with Crippen LogP contribution in [0.5, 0.6) is 5.75 Å². The lowest BCUT2D eigenvalue weighted by atomic mass is 9.81. The van der Waals surface area contributed by atoms with E-state index in [4.69, 9.17) is 4.74 Å². The predicted molar refractivity (Wildman–Crippen MR) is 112 cm³/mol. The normalized spacial score (nSPS) is 22.2. The molecule has 0 unspecified atom stereocenters. The van der Waals surface area contributed by atoms with Gasteiger partial charge >= 0.3 is 6.18 Å². The van der Waals surface area contributed by atoms with Gasteiger partial charge in [-0.1, -0.05) is 26.0 Å². The molecule has 0 saturated heterocycles. The van der Waals surface area contributed by atoms with Crippen LogP contribution in [0.3, 0.4) is 0 Å². The van der Waals surface area contributed by atoms with Gasteiger partial charge in [0, 0.05) is 12.3 Å². The number of carbonyl (C=O) groups excluding carboxylic acids is 3. The van der Waals surface area contributed by atoms with Crippen molar-refractivity contribution in [3.8, 4) is 5.75 Å². The Morgan fingerprint density at radius 2 is 1.88 bits per heavy atom. The van der Waals surface area contributed by atoms with Gasteiger partial charge in [0.25, 0.3) is 0 Å². The van der Waals surface area contributed by atoms with Gasteiger partial charge in [-0.25, -0.2) is 5.48 Å². The maximum absolute atomic E-state index is 13.2. The molecule has 184 valence electrons. The van der Waals surface area contributed by atoms with E-state index in [1.807, 2.05) is 19.2 Å². The zero-order valence-electron chi connectivity index (χ0n) is 18.6. The molecule has 2 aliphatic heterocycles. The molecule has 8 nitrogen and oxygen atoms in total. The minimum Gasteiger partial charge on any atom is -0.494 e. The molecule has 0 aliphatic carbocycles. The van der Waals surface area contributed by atoms with Gasteiger partial charge in [0.2, 0.25) is 17.7 Å². The summed E-state index contributed by atoms with van der Waals surface area (Å²) in [7, 11) is 0. The number of rotatable bonds is 5. The molecule has 2 bridgehead atoms. The molecule has 0 aromatic heterocycles. The van der Waals surface area contributed by atoms with E-state index in [1.165, 1.54) is 0 Å². The van der Waals surface area contributed by atoms with E-state index in [2.05, 4.69) is 5.32 Å². The highest BCUT2D eigenvalue weighted by atomic mass is 19.4. The number of nitrogens with one attached hydrogen (secondary N) is 3. The Bertz CT molecular complexity index is 814. The molecule has 3 amide bonds. The largest absolute Gasteiger partial charge is 0.494 e. The Hall–Kier alpha value is -2.82. The number of hydrogen-bond donors (Lipinski definition) is 4. The van der Waals surface area contributed by atoms with Crippen molar-refractivity contribution in [2.75, 3.05) is 13.2 Å². The van der Waals surface area contributed by atoms with Gasteiger partial charge in [0.15, 0.2) is 0 Å². The van der Waals surface area contributed by atoms with Crippen molar-refractivity contribution in [1.29, 1.82) is 0 Å². The van der Waals surface area contributed by atoms with Crippen molar-refractivity contribution in [2.45, 2.75) is 51.7 Å². The molecule has 3 rings (SSSR count). The highest BCUT2D eigenvalue weighted by Gasteiger charge is 2.36. The number of halogens is 3. The predicted octanol–water partition coefficient (Wildman–Crippen LogP) is 2.35. The van der Waals surface area contributed by atoms with Gasteiger partial charge in [-0.15, -0.1) is 0 Å². The van der Waals surface area contributed by atoms with E-state index in [-0.39, 0.29) is 31.8 Å². The van der Waals surface area contributed by atoms with E-state index in [0.717, 1.165) is 0 Å². The van der Waals surface area contributed by atoms with Crippen LogP contribution in [0.2, 0.25) is 0 Å². The first kappa shape index (κ1) is 26.4. The van der Waals surface area contributed by atoms with Crippen LogP contribution in [-0.2, 0) is 20.8 Å². The first-order valence-electron chi connectivity index (χ1n) is 10.8. The van der Waals surface area contributed by atoms with Gasteiger partial charge in [-0.05, 0) is 42.9 Å². The van der Waals surface area contributed by atoms with Gasteiger partial charge in [0.1, 0.15) is 18.3 Å². The lowest BCUT2D eigenvalue weighted by Crippen LogP contribution is -2.53. The number of fused-ring (bicyclic) bond motifs is 11. The van der Waals surface area contributed by atoms with Crippen molar-refractivity contribution in [3.63, 3.8) is 0 Å². The first-order valence-corrected chi connectivity index (χ1v) is 10.8. The van der Waals surface area contributed by atoms with E-state index in [9.17, 15) is 32.8 Å². The molecule has 4 N–H and O–H groups in total. The lowest BCUT2D eigenvalue weighted by Gasteiger charge is -2.29. The maximum atomic E-state index is 13.2. The van der Waals surface area contributed by atoms with Crippen molar-refractivity contribution in [3.05, 3.63) is 29.8 Å². The third-order valence-corrected chi connectivity index (χ3v) is 5.38. The number of amides is 3. The molecule has 2 aliphatic rings. The fourth-order valence-corrected chi connectivity index (χ4v) is 3.81. The molecule has 1 aromatic carbocycles. The Morgan fingerprint density at radius 3 is 2.45 bits per heavy atom. The fraction of sp³-hybridized carbons (Fsp3) is 0.591. The van der Waals surface area contributed by atoms with E-state index < -0.39 is 48.3 Å². The minimum absolute atomic E-state index is 0.00538. The Balaban J connectivity index is 2.38. The second kappa shape index (κ2) is 11.9. The summed E-state index contributed by atoms with van der Waals surface area (Å²) in [6.45, 7) is 2.46. The molecule has 3 atom stereocenters. The van der Waals surface area contributed by atoms with E-state index >= 15 is 0 Å². The number of hydrogen-bond acceptors (Lipinski definition) is 5. The Labute approximate surface area is 190 Å². The number of benzene rings is 1. The molecule has 1 aromatic rings.